The first-order chi connectivity index (χ1) is 16.5. The molecule has 0 heterocycles. The summed E-state index contributed by atoms with van der Waals surface area (Å²) in [6.45, 7) is 6.74. The van der Waals surface area contributed by atoms with Crippen molar-refractivity contribution >= 4 is 39.1 Å². The Kier molecular flexibility index (Phi) is 11.0. The van der Waals surface area contributed by atoms with Crippen molar-refractivity contribution in [2.45, 2.75) is 59.0 Å². The van der Waals surface area contributed by atoms with E-state index in [-0.39, 0.29) is 24.8 Å². The smallest absolute Gasteiger partial charge is 0.242 e. The van der Waals surface area contributed by atoms with Gasteiger partial charge in [-0.2, -0.15) is 0 Å². The number of aryl methyl sites for hydroxylation is 1. The van der Waals surface area contributed by atoms with Gasteiger partial charge in [0.2, 0.25) is 21.8 Å². The molecule has 192 valence electrons. The molecule has 2 rings (SSSR count). The van der Waals surface area contributed by atoms with E-state index < -0.39 is 16.1 Å². The molecular weight excluding hydrogens is 486 g/mol. The lowest BCUT2D eigenvalue weighted by molar-refractivity contribution is -0.140. The van der Waals surface area contributed by atoms with Crippen molar-refractivity contribution in [1.82, 2.24) is 10.2 Å². The maximum absolute atomic E-state index is 13.3. The normalized spacial score (nSPS) is 12.1. The van der Waals surface area contributed by atoms with Gasteiger partial charge in [-0.3, -0.25) is 13.9 Å². The van der Waals surface area contributed by atoms with E-state index >= 15 is 0 Å². The molecule has 2 aromatic rings. The lowest BCUT2D eigenvalue weighted by atomic mass is 10.1. The average Bonchev–Trinajstić information content (AvgIpc) is 2.80. The van der Waals surface area contributed by atoms with Gasteiger partial charge < -0.3 is 10.2 Å². The molecule has 2 aromatic carbocycles. The lowest BCUT2D eigenvalue weighted by Crippen LogP contribution is -2.48. The van der Waals surface area contributed by atoms with Crippen LogP contribution in [0.1, 0.15) is 50.7 Å². The third-order valence-corrected chi connectivity index (χ3v) is 7.28. The number of hydrogen-bond donors (Lipinski definition) is 1. The second kappa shape index (κ2) is 13.5. The van der Waals surface area contributed by atoms with Crippen LogP contribution in [0.3, 0.4) is 0 Å². The van der Waals surface area contributed by atoms with Crippen molar-refractivity contribution < 1.29 is 18.0 Å². The van der Waals surface area contributed by atoms with Crippen molar-refractivity contribution in [3.05, 3.63) is 64.7 Å². The summed E-state index contributed by atoms with van der Waals surface area (Å²) in [7, 11) is -3.56. The van der Waals surface area contributed by atoms with E-state index in [4.69, 9.17) is 11.6 Å². The van der Waals surface area contributed by atoms with Gasteiger partial charge in [0, 0.05) is 31.1 Å². The van der Waals surface area contributed by atoms with Crippen LogP contribution in [0.15, 0.2) is 48.5 Å². The molecule has 0 aromatic heterocycles. The lowest BCUT2D eigenvalue weighted by Gasteiger charge is -2.30. The molecule has 0 fully saturated rings. The summed E-state index contributed by atoms with van der Waals surface area (Å²) in [4.78, 5) is 27.7. The van der Waals surface area contributed by atoms with Crippen molar-refractivity contribution in [2.75, 3.05) is 23.7 Å². The Morgan fingerprint density at radius 2 is 1.80 bits per heavy atom. The molecule has 7 nitrogen and oxygen atoms in total. The molecule has 2 amide bonds. The van der Waals surface area contributed by atoms with Gasteiger partial charge >= 0.3 is 0 Å². The summed E-state index contributed by atoms with van der Waals surface area (Å²) in [5, 5.41) is 3.34. The molecule has 0 saturated carbocycles. The molecule has 1 atom stereocenters. The van der Waals surface area contributed by atoms with Crippen LogP contribution in [-0.4, -0.2) is 50.5 Å². The molecule has 0 aliphatic rings. The summed E-state index contributed by atoms with van der Waals surface area (Å²) in [6, 6.07) is 13.7. The third kappa shape index (κ3) is 8.85. The zero-order valence-electron chi connectivity index (χ0n) is 21.0. The number of anilines is 1. The van der Waals surface area contributed by atoms with E-state index in [0.29, 0.717) is 30.2 Å². The van der Waals surface area contributed by atoms with Crippen LogP contribution in [0.5, 0.6) is 0 Å². The van der Waals surface area contributed by atoms with E-state index in [1.807, 2.05) is 38.1 Å². The zero-order chi connectivity index (χ0) is 26.0. The van der Waals surface area contributed by atoms with E-state index in [9.17, 15) is 18.0 Å². The number of rotatable bonds is 13. The van der Waals surface area contributed by atoms with Crippen LogP contribution < -0.4 is 9.62 Å². The summed E-state index contributed by atoms with van der Waals surface area (Å²) >= 11 is 6.04. The van der Waals surface area contributed by atoms with Crippen LogP contribution in [0.4, 0.5) is 5.69 Å². The zero-order valence-corrected chi connectivity index (χ0v) is 22.5. The van der Waals surface area contributed by atoms with E-state index in [2.05, 4.69) is 5.32 Å². The van der Waals surface area contributed by atoms with Gasteiger partial charge in [0.25, 0.3) is 0 Å². The topological polar surface area (TPSA) is 86.8 Å². The molecule has 0 aliphatic carbocycles. The number of hydrogen-bond acceptors (Lipinski definition) is 4. The highest BCUT2D eigenvalue weighted by atomic mass is 35.5. The molecule has 0 aliphatic heterocycles. The van der Waals surface area contributed by atoms with Gasteiger partial charge in [0.1, 0.15) is 6.04 Å². The van der Waals surface area contributed by atoms with Gasteiger partial charge in [-0.25, -0.2) is 8.42 Å². The third-order valence-electron chi connectivity index (χ3n) is 5.85. The Bertz CT molecular complexity index is 1110. The highest BCUT2D eigenvalue weighted by molar-refractivity contribution is 7.92. The Labute approximate surface area is 214 Å². The van der Waals surface area contributed by atoms with Gasteiger partial charge in [-0.1, -0.05) is 55.3 Å². The van der Waals surface area contributed by atoms with Crippen LogP contribution in [0.25, 0.3) is 0 Å². The van der Waals surface area contributed by atoms with Gasteiger partial charge in [-0.05, 0) is 56.0 Å². The van der Waals surface area contributed by atoms with E-state index in [1.165, 1.54) is 4.31 Å². The molecule has 0 spiro atoms. The number of carbonyl (C=O) groups excluding carboxylic acids is 2. The highest BCUT2D eigenvalue weighted by Crippen LogP contribution is 2.23. The quantitative estimate of drug-likeness (QED) is 0.392. The summed E-state index contributed by atoms with van der Waals surface area (Å²) in [5.74, 6) is -0.400. The number of nitrogens with zero attached hydrogens (tertiary/aromatic N) is 2. The predicted molar refractivity (Wildman–Crippen MR) is 142 cm³/mol. The number of nitrogens with one attached hydrogen (secondary N) is 1. The Morgan fingerprint density at radius 3 is 2.43 bits per heavy atom. The van der Waals surface area contributed by atoms with Gasteiger partial charge in [0.05, 0.1) is 11.9 Å². The number of amides is 2. The summed E-state index contributed by atoms with van der Waals surface area (Å²) in [6.07, 6.45) is 3.36. The minimum atomic E-state index is -3.56. The maximum Gasteiger partial charge on any atom is 0.242 e. The van der Waals surface area contributed by atoms with E-state index in [0.717, 1.165) is 30.2 Å². The predicted octanol–water partition coefficient (Wildman–Crippen LogP) is 4.53. The Balaban J connectivity index is 2.15. The van der Waals surface area contributed by atoms with E-state index in [1.54, 1.807) is 36.1 Å². The minimum Gasteiger partial charge on any atom is -0.354 e. The van der Waals surface area contributed by atoms with Gasteiger partial charge in [-0.15, -0.1) is 0 Å². The Morgan fingerprint density at radius 1 is 1.09 bits per heavy atom. The van der Waals surface area contributed by atoms with Crippen molar-refractivity contribution in [3.8, 4) is 0 Å². The first-order valence-corrected chi connectivity index (χ1v) is 14.1. The van der Waals surface area contributed by atoms with Crippen molar-refractivity contribution in [3.63, 3.8) is 0 Å². The molecule has 35 heavy (non-hydrogen) atoms. The molecule has 1 N–H and O–H groups in total. The average molecular weight is 522 g/mol. The monoisotopic (exact) mass is 521 g/mol. The highest BCUT2D eigenvalue weighted by Gasteiger charge is 2.27. The second-order valence-electron chi connectivity index (χ2n) is 8.69. The fourth-order valence-corrected chi connectivity index (χ4v) is 4.87. The van der Waals surface area contributed by atoms with Crippen LogP contribution in [0.2, 0.25) is 5.02 Å². The fourth-order valence-electron chi connectivity index (χ4n) is 3.72. The number of carbonyl (C=O) groups is 2. The molecule has 9 heteroatoms. The number of benzene rings is 2. The standard InChI is InChI=1S/C26H36ClN3O4S/c1-5-6-16-28-26(32)21(3)29(19-22-12-8-7-11-20(22)2)25(31)15-10-17-30(35(4,33)34)24-14-9-13-23(27)18-24/h7-9,11-14,18,21H,5-6,10,15-17,19H2,1-4H3,(H,28,32)/t21-/m1/s1. The van der Waals surface area contributed by atoms with Gasteiger partial charge in [0.15, 0.2) is 0 Å². The largest absolute Gasteiger partial charge is 0.354 e. The SMILES string of the molecule is CCCCNC(=O)[C@@H](C)N(Cc1ccccc1C)C(=O)CCCN(c1cccc(Cl)c1)S(C)(=O)=O. The van der Waals surface area contributed by atoms with Crippen LogP contribution in [0, 0.1) is 6.92 Å². The molecular formula is C26H36ClN3O4S. The van der Waals surface area contributed by atoms with Crippen molar-refractivity contribution in [2.24, 2.45) is 0 Å². The molecule has 0 saturated heterocycles. The van der Waals surface area contributed by atoms with Crippen LogP contribution >= 0.6 is 11.6 Å². The number of halogens is 1. The first kappa shape index (κ1) is 28.7. The number of sulfonamides is 1. The second-order valence-corrected chi connectivity index (χ2v) is 11.0. The molecule has 0 bridgehead atoms. The fraction of sp³-hybridized carbons (Fsp3) is 0.462. The minimum absolute atomic E-state index is 0.102. The maximum atomic E-state index is 13.3. The summed E-state index contributed by atoms with van der Waals surface area (Å²) in [5.41, 5.74) is 2.45. The summed E-state index contributed by atoms with van der Waals surface area (Å²) < 4.78 is 26.0. The van der Waals surface area contributed by atoms with Crippen LogP contribution in [-0.2, 0) is 26.2 Å². The Hall–Kier alpha value is -2.58. The van der Waals surface area contributed by atoms with Crippen molar-refractivity contribution in [1.29, 1.82) is 0 Å². The molecule has 0 unspecified atom stereocenters. The first-order valence-electron chi connectivity index (χ1n) is 11.9. The number of unbranched alkanes of at least 4 members (excludes halogenated alkanes) is 1. The molecule has 0 radical (unpaired) electrons.